The van der Waals surface area contributed by atoms with Gasteiger partial charge >= 0.3 is 12.0 Å². The van der Waals surface area contributed by atoms with Crippen LogP contribution >= 0.6 is 0 Å². The van der Waals surface area contributed by atoms with Gasteiger partial charge in [0.2, 0.25) is 0 Å². The number of urea groups is 1. The Balaban J connectivity index is 1.96. The topological polar surface area (TPSA) is 108 Å². The maximum absolute atomic E-state index is 12.5. The van der Waals surface area contributed by atoms with E-state index < -0.39 is 36.1 Å². The van der Waals surface area contributed by atoms with Gasteiger partial charge in [-0.05, 0) is 32.1 Å². The molecular formula is C16H27N3O5. The van der Waals surface area contributed by atoms with Crippen LogP contribution in [0, 0.1) is 0 Å². The lowest BCUT2D eigenvalue weighted by atomic mass is 10.1. The number of methoxy groups -OCH3 is 1. The number of nitrogens with one attached hydrogen (secondary N) is 2. The normalized spacial score (nSPS) is 22.6. The lowest BCUT2D eigenvalue weighted by molar-refractivity contribution is -0.145. The van der Waals surface area contributed by atoms with E-state index in [2.05, 4.69) is 10.6 Å². The van der Waals surface area contributed by atoms with Crippen LogP contribution in [0.2, 0.25) is 0 Å². The van der Waals surface area contributed by atoms with E-state index >= 15 is 0 Å². The number of amides is 3. The third kappa shape index (κ3) is 4.59. The first-order valence-electron chi connectivity index (χ1n) is 8.61. The molecule has 2 aliphatic rings. The Labute approximate surface area is 141 Å². The predicted octanol–water partition coefficient (Wildman–Crippen LogP) is 0.142. The molecule has 2 rings (SSSR count). The van der Waals surface area contributed by atoms with Crippen molar-refractivity contribution in [2.75, 3.05) is 13.7 Å². The molecule has 3 amide bonds. The van der Waals surface area contributed by atoms with Crippen LogP contribution in [0.25, 0.3) is 0 Å². The number of esters is 1. The molecule has 1 heterocycles. The summed E-state index contributed by atoms with van der Waals surface area (Å²) in [7, 11) is 1.29. The van der Waals surface area contributed by atoms with Crippen LogP contribution in [0.15, 0.2) is 0 Å². The molecule has 136 valence electrons. The van der Waals surface area contributed by atoms with Crippen molar-refractivity contribution in [3.8, 4) is 0 Å². The van der Waals surface area contributed by atoms with Gasteiger partial charge in [-0.25, -0.2) is 9.59 Å². The molecule has 0 aromatic rings. The molecule has 1 saturated heterocycles. The number of rotatable bonds is 7. The molecule has 0 aromatic heterocycles. The van der Waals surface area contributed by atoms with Crippen molar-refractivity contribution >= 4 is 17.9 Å². The van der Waals surface area contributed by atoms with E-state index in [0.717, 1.165) is 19.3 Å². The van der Waals surface area contributed by atoms with Crippen LogP contribution in [0.3, 0.4) is 0 Å². The molecule has 0 aromatic carbocycles. The number of aliphatic hydroxyl groups is 1. The lowest BCUT2D eigenvalue weighted by Crippen LogP contribution is -2.55. The second-order valence-corrected chi connectivity index (χ2v) is 6.45. The monoisotopic (exact) mass is 341 g/mol. The van der Waals surface area contributed by atoms with Crippen molar-refractivity contribution in [1.82, 2.24) is 15.5 Å². The van der Waals surface area contributed by atoms with Crippen molar-refractivity contribution in [2.24, 2.45) is 0 Å². The summed E-state index contributed by atoms with van der Waals surface area (Å²) in [6.45, 7) is 2.37. The number of ether oxygens (including phenoxy) is 1. The Kier molecular flexibility index (Phi) is 6.42. The van der Waals surface area contributed by atoms with Crippen LogP contribution in [-0.2, 0) is 14.3 Å². The van der Waals surface area contributed by atoms with Crippen molar-refractivity contribution in [3.05, 3.63) is 0 Å². The zero-order chi connectivity index (χ0) is 17.7. The SMILES string of the molecule is CCC[C@H](NC(=O)N1CCC[C@@H]1C(=O)OC)C(O)C(=O)NC1CC1. The average Bonchev–Trinajstić information content (AvgIpc) is 3.24. The highest BCUT2D eigenvalue weighted by atomic mass is 16.5. The van der Waals surface area contributed by atoms with Gasteiger partial charge in [0.15, 0.2) is 6.10 Å². The van der Waals surface area contributed by atoms with Gasteiger partial charge in [-0.1, -0.05) is 13.3 Å². The van der Waals surface area contributed by atoms with Crippen LogP contribution in [-0.4, -0.2) is 65.8 Å². The van der Waals surface area contributed by atoms with Gasteiger partial charge in [-0.3, -0.25) is 4.79 Å². The van der Waals surface area contributed by atoms with E-state index in [-0.39, 0.29) is 6.04 Å². The molecule has 1 aliphatic carbocycles. The predicted molar refractivity (Wildman–Crippen MR) is 86.1 cm³/mol. The molecule has 3 atom stereocenters. The highest BCUT2D eigenvalue weighted by Gasteiger charge is 2.37. The Hall–Kier alpha value is -1.83. The first-order valence-corrected chi connectivity index (χ1v) is 8.61. The van der Waals surface area contributed by atoms with Gasteiger partial charge in [-0.15, -0.1) is 0 Å². The fourth-order valence-electron chi connectivity index (χ4n) is 2.95. The van der Waals surface area contributed by atoms with E-state index in [0.29, 0.717) is 25.8 Å². The minimum absolute atomic E-state index is 0.146. The Morgan fingerprint density at radius 3 is 2.58 bits per heavy atom. The molecule has 0 bridgehead atoms. The molecule has 2 fully saturated rings. The first-order chi connectivity index (χ1) is 11.5. The third-order valence-electron chi connectivity index (χ3n) is 4.47. The summed E-state index contributed by atoms with van der Waals surface area (Å²) < 4.78 is 4.73. The van der Waals surface area contributed by atoms with E-state index in [1.54, 1.807) is 0 Å². The van der Waals surface area contributed by atoms with E-state index in [1.807, 2.05) is 6.92 Å². The van der Waals surface area contributed by atoms with E-state index in [9.17, 15) is 19.5 Å². The third-order valence-corrected chi connectivity index (χ3v) is 4.47. The molecule has 0 spiro atoms. The highest BCUT2D eigenvalue weighted by Crippen LogP contribution is 2.20. The number of aliphatic hydroxyl groups excluding tert-OH is 1. The minimum Gasteiger partial charge on any atom is -0.467 e. The highest BCUT2D eigenvalue weighted by molar-refractivity contribution is 5.86. The summed E-state index contributed by atoms with van der Waals surface area (Å²) in [5, 5.41) is 15.7. The lowest BCUT2D eigenvalue weighted by Gasteiger charge is -2.28. The van der Waals surface area contributed by atoms with E-state index in [1.165, 1.54) is 12.0 Å². The van der Waals surface area contributed by atoms with Gasteiger partial charge in [0, 0.05) is 12.6 Å². The average molecular weight is 341 g/mol. The molecule has 1 saturated carbocycles. The summed E-state index contributed by atoms with van der Waals surface area (Å²) in [5.74, 6) is -0.899. The summed E-state index contributed by atoms with van der Waals surface area (Å²) in [5.41, 5.74) is 0. The maximum Gasteiger partial charge on any atom is 0.328 e. The fourth-order valence-corrected chi connectivity index (χ4v) is 2.95. The van der Waals surface area contributed by atoms with Crippen LogP contribution in [0.1, 0.15) is 45.4 Å². The van der Waals surface area contributed by atoms with Crippen molar-refractivity contribution < 1.29 is 24.2 Å². The molecule has 1 unspecified atom stereocenters. The largest absolute Gasteiger partial charge is 0.467 e. The second kappa shape index (κ2) is 8.32. The van der Waals surface area contributed by atoms with Gasteiger partial charge in [0.1, 0.15) is 6.04 Å². The van der Waals surface area contributed by atoms with E-state index in [4.69, 9.17) is 4.74 Å². The van der Waals surface area contributed by atoms with Crippen molar-refractivity contribution in [1.29, 1.82) is 0 Å². The fraction of sp³-hybridized carbons (Fsp3) is 0.812. The number of carbonyl (C=O) groups is 3. The number of hydrogen-bond acceptors (Lipinski definition) is 5. The molecule has 0 radical (unpaired) electrons. The van der Waals surface area contributed by atoms with Gasteiger partial charge in [-0.2, -0.15) is 0 Å². The summed E-state index contributed by atoms with van der Waals surface area (Å²) >= 11 is 0. The maximum atomic E-state index is 12.5. The van der Waals surface area contributed by atoms with Crippen molar-refractivity contribution in [2.45, 2.75) is 69.7 Å². The number of nitrogens with zero attached hydrogens (tertiary/aromatic N) is 1. The summed E-state index contributed by atoms with van der Waals surface area (Å²) in [6, 6.07) is -1.58. The molecule has 24 heavy (non-hydrogen) atoms. The zero-order valence-electron chi connectivity index (χ0n) is 14.3. The smallest absolute Gasteiger partial charge is 0.328 e. The van der Waals surface area contributed by atoms with Gasteiger partial charge < -0.3 is 25.4 Å². The Bertz CT molecular complexity index is 480. The first kappa shape index (κ1) is 18.5. The minimum atomic E-state index is -1.30. The molecule has 3 N–H and O–H groups in total. The van der Waals surface area contributed by atoms with Crippen LogP contribution in [0.4, 0.5) is 4.79 Å². The Morgan fingerprint density at radius 2 is 2.00 bits per heavy atom. The number of hydrogen-bond donors (Lipinski definition) is 3. The molecule has 8 nitrogen and oxygen atoms in total. The Morgan fingerprint density at radius 1 is 1.29 bits per heavy atom. The van der Waals surface area contributed by atoms with Crippen LogP contribution in [0.5, 0.6) is 0 Å². The van der Waals surface area contributed by atoms with Gasteiger partial charge in [0.05, 0.1) is 13.2 Å². The van der Waals surface area contributed by atoms with Crippen LogP contribution < -0.4 is 10.6 Å². The van der Waals surface area contributed by atoms with Crippen molar-refractivity contribution in [3.63, 3.8) is 0 Å². The molecule has 8 heteroatoms. The number of carbonyl (C=O) groups excluding carboxylic acids is 3. The van der Waals surface area contributed by atoms with Gasteiger partial charge in [0.25, 0.3) is 5.91 Å². The summed E-state index contributed by atoms with van der Waals surface area (Å²) in [4.78, 5) is 37.7. The number of likely N-dealkylation sites (tertiary alicyclic amines) is 1. The molecular weight excluding hydrogens is 314 g/mol. The zero-order valence-corrected chi connectivity index (χ0v) is 14.3. The standard InChI is InChI=1S/C16H27N3O5/c1-3-5-11(13(20)14(21)17-10-7-8-10)18-16(23)19-9-4-6-12(19)15(22)24-2/h10-13,20H,3-9H2,1-2H3,(H,17,21)(H,18,23)/t11-,12+,13?/m0/s1. The second-order valence-electron chi connectivity index (χ2n) is 6.45. The molecule has 1 aliphatic heterocycles. The quantitative estimate of drug-likeness (QED) is 0.571. The summed E-state index contributed by atoms with van der Waals surface area (Å²) in [6.07, 6.45) is 3.02.